The molecule has 3 rings (SSSR count). The van der Waals surface area contributed by atoms with Gasteiger partial charge in [-0.1, -0.05) is 19.1 Å². The molecule has 1 saturated heterocycles. The van der Waals surface area contributed by atoms with E-state index in [0.29, 0.717) is 16.9 Å². The summed E-state index contributed by atoms with van der Waals surface area (Å²) in [5.74, 6) is 0.507. The Bertz CT molecular complexity index is 784. The minimum atomic E-state index is -0.138. The Morgan fingerprint density at radius 3 is 2.22 bits per heavy atom. The fourth-order valence-electron chi connectivity index (χ4n) is 3.49. The van der Waals surface area contributed by atoms with Crippen LogP contribution in [0.5, 0.6) is 0 Å². The fourth-order valence-corrected chi connectivity index (χ4v) is 3.49. The third-order valence-electron chi connectivity index (χ3n) is 4.83. The Morgan fingerprint density at radius 1 is 1.00 bits per heavy atom. The summed E-state index contributed by atoms with van der Waals surface area (Å²) in [5.41, 5.74) is 3.27. The van der Waals surface area contributed by atoms with Gasteiger partial charge in [-0.2, -0.15) is 0 Å². The van der Waals surface area contributed by atoms with Crippen LogP contribution in [-0.4, -0.2) is 29.8 Å². The molecule has 0 bridgehead atoms. The Morgan fingerprint density at radius 2 is 1.63 bits per heavy atom. The SMILES string of the molecule is CC(=O)Nc1ccc(NC(=O)c2ccc(CN3CCCC(C)C3)cc2)cc1. The van der Waals surface area contributed by atoms with Gasteiger partial charge in [-0.05, 0) is 67.3 Å². The maximum absolute atomic E-state index is 12.4. The number of benzene rings is 2. The van der Waals surface area contributed by atoms with Crippen molar-refractivity contribution >= 4 is 23.2 Å². The van der Waals surface area contributed by atoms with Crippen LogP contribution < -0.4 is 10.6 Å². The van der Waals surface area contributed by atoms with E-state index in [1.165, 1.54) is 25.3 Å². The number of amides is 2. The molecule has 27 heavy (non-hydrogen) atoms. The minimum absolute atomic E-state index is 0.120. The van der Waals surface area contributed by atoms with Gasteiger partial charge in [-0.3, -0.25) is 14.5 Å². The van der Waals surface area contributed by atoms with E-state index >= 15 is 0 Å². The van der Waals surface area contributed by atoms with Crippen LogP contribution >= 0.6 is 0 Å². The van der Waals surface area contributed by atoms with E-state index < -0.39 is 0 Å². The molecular weight excluding hydrogens is 338 g/mol. The van der Waals surface area contributed by atoms with Gasteiger partial charge in [0.15, 0.2) is 0 Å². The van der Waals surface area contributed by atoms with Gasteiger partial charge in [0.1, 0.15) is 0 Å². The van der Waals surface area contributed by atoms with Crippen molar-refractivity contribution in [2.75, 3.05) is 23.7 Å². The molecule has 1 heterocycles. The summed E-state index contributed by atoms with van der Waals surface area (Å²) < 4.78 is 0. The molecule has 0 saturated carbocycles. The van der Waals surface area contributed by atoms with E-state index in [4.69, 9.17) is 0 Å². The van der Waals surface area contributed by atoms with Crippen molar-refractivity contribution < 1.29 is 9.59 Å². The summed E-state index contributed by atoms with van der Waals surface area (Å²) in [6.07, 6.45) is 2.59. The van der Waals surface area contributed by atoms with E-state index in [1.54, 1.807) is 24.3 Å². The summed E-state index contributed by atoms with van der Waals surface area (Å²) in [5, 5.41) is 5.59. The number of hydrogen-bond donors (Lipinski definition) is 2. The van der Waals surface area contributed by atoms with Crippen molar-refractivity contribution in [2.24, 2.45) is 5.92 Å². The van der Waals surface area contributed by atoms with E-state index in [-0.39, 0.29) is 11.8 Å². The normalized spacial score (nSPS) is 17.3. The number of carbonyl (C=O) groups is 2. The van der Waals surface area contributed by atoms with Crippen molar-refractivity contribution in [3.8, 4) is 0 Å². The molecule has 1 aliphatic heterocycles. The molecule has 1 aliphatic rings. The lowest BCUT2D eigenvalue weighted by atomic mass is 9.99. The van der Waals surface area contributed by atoms with Crippen LogP contribution in [0.4, 0.5) is 11.4 Å². The molecule has 2 aromatic carbocycles. The number of nitrogens with zero attached hydrogens (tertiary/aromatic N) is 1. The van der Waals surface area contributed by atoms with Crippen molar-refractivity contribution in [1.29, 1.82) is 0 Å². The average Bonchev–Trinajstić information content (AvgIpc) is 2.63. The van der Waals surface area contributed by atoms with Gasteiger partial charge in [-0.25, -0.2) is 0 Å². The molecule has 142 valence electrons. The van der Waals surface area contributed by atoms with E-state index in [1.807, 2.05) is 24.3 Å². The maximum Gasteiger partial charge on any atom is 0.255 e. The average molecular weight is 365 g/mol. The lowest BCUT2D eigenvalue weighted by Gasteiger charge is -2.30. The highest BCUT2D eigenvalue weighted by Gasteiger charge is 2.16. The molecule has 5 heteroatoms. The second-order valence-corrected chi connectivity index (χ2v) is 7.39. The number of anilines is 2. The van der Waals surface area contributed by atoms with Crippen molar-refractivity contribution in [3.05, 3.63) is 59.7 Å². The first-order valence-corrected chi connectivity index (χ1v) is 9.50. The molecular formula is C22H27N3O2. The van der Waals surface area contributed by atoms with Crippen LogP contribution in [0.15, 0.2) is 48.5 Å². The second kappa shape index (κ2) is 8.82. The Balaban J connectivity index is 1.56. The van der Waals surface area contributed by atoms with Crippen LogP contribution in [0.1, 0.15) is 42.6 Å². The summed E-state index contributed by atoms with van der Waals surface area (Å²) in [4.78, 5) is 26.0. The summed E-state index contributed by atoms with van der Waals surface area (Å²) >= 11 is 0. The highest BCUT2D eigenvalue weighted by atomic mass is 16.2. The van der Waals surface area contributed by atoms with Crippen molar-refractivity contribution in [2.45, 2.75) is 33.2 Å². The van der Waals surface area contributed by atoms with Crippen LogP contribution in [-0.2, 0) is 11.3 Å². The van der Waals surface area contributed by atoms with Crippen LogP contribution in [0.2, 0.25) is 0 Å². The van der Waals surface area contributed by atoms with Crippen molar-refractivity contribution in [1.82, 2.24) is 4.90 Å². The lowest BCUT2D eigenvalue weighted by Crippen LogP contribution is -2.33. The fraction of sp³-hybridized carbons (Fsp3) is 0.364. The second-order valence-electron chi connectivity index (χ2n) is 7.39. The van der Waals surface area contributed by atoms with E-state index in [9.17, 15) is 9.59 Å². The van der Waals surface area contributed by atoms with Gasteiger partial charge in [0.25, 0.3) is 5.91 Å². The number of hydrogen-bond acceptors (Lipinski definition) is 3. The third-order valence-corrected chi connectivity index (χ3v) is 4.83. The van der Waals surface area contributed by atoms with Crippen LogP contribution in [0.3, 0.4) is 0 Å². The first-order valence-electron chi connectivity index (χ1n) is 9.50. The lowest BCUT2D eigenvalue weighted by molar-refractivity contribution is -0.114. The Hall–Kier alpha value is -2.66. The van der Waals surface area contributed by atoms with E-state index in [0.717, 1.165) is 25.6 Å². The predicted molar refractivity (Wildman–Crippen MR) is 109 cm³/mol. The molecule has 1 fully saturated rings. The molecule has 1 unspecified atom stereocenters. The number of likely N-dealkylation sites (tertiary alicyclic amines) is 1. The molecule has 2 N–H and O–H groups in total. The number of nitrogens with one attached hydrogen (secondary N) is 2. The Kier molecular flexibility index (Phi) is 6.24. The van der Waals surface area contributed by atoms with Gasteiger partial charge >= 0.3 is 0 Å². The van der Waals surface area contributed by atoms with Gasteiger partial charge in [0.05, 0.1) is 0 Å². The largest absolute Gasteiger partial charge is 0.326 e. The predicted octanol–water partition coefficient (Wildman–Crippen LogP) is 4.13. The smallest absolute Gasteiger partial charge is 0.255 e. The standard InChI is InChI=1S/C22H27N3O2/c1-16-4-3-13-25(14-16)15-18-5-7-19(8-6-18)22(27)24-21-11-9-20(10-12-21)23-17(2)26/h5-12,16H,3-4,13-15H2,1-2H3,(H,23,26)(H,24,27). The molecule has 5 nitrogen and oxygen atoms in total. The van der Waals surface area contributed by atoms with Crippen molar-refractivity contribution in [3.63, 3.8) is 0 Å². The maximum atomic E-state index is 12.4. The number of carbonyl (C=O) groups excluding carboxylic acids is 2. The van der Waals surface area contributed by atoms with Gasteiger partial charge in [0.2, 0.25) is 5.91 Å². The zero-order chi connectivity index (χ0) is 19.2. The number of rotatable bonds is 5. The van der Waals surface area contributed by atoms with Crippen LogP contribution in [0.25, 0.3) is 0 Å². The monoisotopic (exact) mass is 365 g/mol. The topological polar surface area (TPSA) is 61.4 Å². The third kappa shape index (κ3) is 5.66. The number of piperidine rings is 1. The zero-order valence-electron chi connectivity index (χ0n) is 16.0. The molecule has 2 aromatic rings. The highest BCUT2D eigenvalue weighted by molar-refractivity contribution is 6.04. The van der Waals surface area contributed by atoms with Gasteiger partial charge in [-0.15, -0.1) is 0 Å². The summed E-state index contributed by atoms with van der Waals surface area (Å²) in [6, 6.07) is 14.9. The summed E-state index contributed by atoms with van der Waals surface area (Å²) in [6.45, 7) is 7.02. The molecule has 2 amide bonds. The first kappa shape index (κ1) is 19.1. The highest BCUT2D eigenvalue weighted by Crippen LogP contribution is 2.19. The molecule has 0 radical (unpaired) electrons. The molecule has 0 aromatic heterocycles. The minimum Gasteiger partial charge on any atom is -0.326 e. The van der Waals surface area contributed by atoms with Gasteiger partial charge in [0, 0.05) is 37.0 Å². The zero-order valence-corrected chi connectivity index (χ0v) is 16.0. The first-order chi connectivity index (χ1) is 13.0. The van der Waals surface area contributed by atoms with Crippen LogP contribution in [0, 0.1) is 5.92 Å². The molecule has 0 spiro atoms. The van der Waals surface area contributed by atoms with Gasteiger partial charge < -0.3 is 10.6 Å². The molecule has 0 aliphatic carbocycles. The Labute approximate surface area is 160 Å². The summed E-state index contributed by atoms with van der Waals surface area (Å²) in [7, 11) is 0. The van der Waals surface area contributed by atoms with E-state index in [2.05, 4.69) is 22.5 Å². The quantitative estimate of drug-likeness (QED) is 0.837. The molecule has 1 atom stereocenters.